The van der Waals surface area contributed by atoms with E-state index in [-0.39, 0.29) is 5.91 Å². The van der Waals surface area contributed by atoms with Crippen molar-refractivity contribution in [1.29, 1.82) is 0 Å². The number of anilines is 2. The Bertz CT molecular complexity index is 570. The van der Waals surface area contributed by atoms with Gasteiger partial charge in [0, 0.05) is 18.6 Å². The van der Waals surface area contributed by atoms with Gasteiger partial charge in [0.15, 0.2) is 5.13 Å². The van der Waals surface area contributed by atoms with Gasteiger partial charge >= 0.3 is 0 Å². The van der Waals surface area contributed by atoms with Gasteiger partial charge in [-0.2, -0.15) is 0 Å². The number of carbonyl (C=O) groups excluding carboxylic acids is 1. The van der Waals surface area contributed by atoms with Crippen molar-refractivity contribution in [2.75, 3.05) is 11.1 Å². The first-order chi connectivity index (χ1) is 8.47. The summed E-state index contributed by atoms with van der Waals surface area (Å²) in [5, 5.41) is 5.35. The van der Waals surface area contributed by atoms with Crippen molar-refractivity contribution in [3.63, 3.8) is 0 Å². The van der Waals surface area contributed by atoms with Gasteiger partial charge in [-0.05, 0) is 12.0 Å². The second kappa shape index (κ2) is 4.81. The average Bonchev–Trinajstić information content (AvgIpc) is 2.85. The van der Waals surface area contributed by atoms with E-state index < -0.39 is 0 Å². The number of nitrogens with one attached hydrogen (secondary N) is 1. The number of rotatable bonds is 3. The molecule has 0 bridgehead atoms. The first-order valence-corrected chi connectivity index (χ1v) is 6.54. The van der Waals surface area contributed by atoms with Crippen molar-refractivity contribution >= 4 is 28.1 Å². The van der Waals surface area contributed by atoms with Gasteiger partial charge < -0.3 is 10.3 Å². The molecule has 2 rings (SSSR count). The van der Waals surface area contributed by atoms with Gasteiger partial charge in [0.05, 0.1) is 11.4 Å². The first kappa shape index (κ1) is 12.6. The van der Waals surface area contributed by atoms with E-state index in [1.54, 1.807) is 23.9 Å². The van der Waals surface area contributed by atoms with Crippen LogP contribution in [0.3, 0.4) is 0 Å². The van der Waals surface area contributed by atoms with E-state index in [9.17, 15) is 4.79 Å². The highest BCUT2D eigenvalue weighted by Gasteiger charge is 2.13. The van der Waals surface area contributed by atoms with Crippen LogP contribution in [-0.2, 0) is 7.05 Å². The van der Waals surface area contributed by atoms with Crippen LogP contribution in [0.5, 0.6) is 0 Å². The summed E-state index contributed by atoms with van der Waals surface area (Å²) in [4.78, 5) is 16.4. The molecule has 96 valence electrons. The highest BCUT2D eigenvalue weighted by Crippen LogP contribution is 2.22. The molecule has 2 aromatic rings. The van der Waals surface area contributed by atoms with Crippen molar-refractivity contribution in [2.45, 2.75) is 19.8 Å². The average molecular weight is 264 g/mol. The Morgan fingerprint density at radius 1 is 1.56 bits per heavy atom. The van der Waals surface area contributed by atoms with Crippen molar-refractivity contribution in [1.82, 2.24) is 9.55 Å². The van der Waals surface area contributed by atoms with E-state index in [0.717, 1.165) is 5.69 Å². The lowest BCUT2D eigenvalue weighted by Crippen LogP contribution is -2.15. The van der Waals surface area contributed by atoms with E-state index in [2.05, 4.69) is 24.1 Å². The van der Waals surface area contributed by atoms with Crippen LogP contribution in [0.15, 0.2) is 17.6 Å². The maximum atomic E-state index is 12.0. The first-order valence-electron chi connectivity index (χ1n) is 5.66. The summed E-state index contributed by atoms with van der Waals surface area (Å²) in [5.74, 6) is 0.163. The number of carbonyl (C=O) groups is 1. The Kier molecular flexibility index (Phi) is 3.38. The minimum atomic E-state index is -0.196. The summed E-state index contributed by atoms with van der Waals surface area (Å²) >= 11 is 1.43. The van der Waals surface area contributed by atoms with Gasteiger partial charge in [-0.1, -0.05) is 13.8 Å². The zero-order valence-electron chi connectivity index (χ0n) is 10.6. The summed E-state index contributed by atoms with van der Waals surface area (Å²) in [7, 11) is 1.78. The minimum absolute atomic E-state index is 0.196. The zero-order valence-corrected chi connectivity index (χ0v) is 11.4. The lowest BCUT2D eigenvalue weighted by molar-refractivity contribution is 0.101. The molecule has 3 N–H and O–H groups in total. The molecule has 0 aliphatic carbocycles. The second-order valence-corrected chi connectivity index (χ2v) is 5.31. The Hall–Kier alpha value is -1.82. The molecule has 0 unspecified atom stereocenters. The van der Waals surface area contributed by atoms with Crippen LogP contribution in [-0.4, -0.2) is 15.5 Å². The normalized spacial score (nSPS) is 10.9. The van der Waals surface area contributed by atoms with Crippen LogP contribution >= 0.6 is 11.3 Å². The SMILES string of the molecule is CC(C)c1csc(NC(=O)c2cc(N)cn2C)n1. The maximum absolute atomic E-state index is 12.0. The van der Waals surface area contributed by atoms with E-state index >= 15 is 0 Å². The van der Waals surface area contributed by atoms with Gasteiger partial charge in [-0.25, -0.2) is 4.98 Å². The number of aromatic nitrogens is 2. The van der Waals surface area contributed by atoms with Crippen molar-refractivity contribution in [3.05, 3.63) is 29.0 Å². The highest BCUT2D eigenvalue weighted by molar-refractivity contribution is 7.14. The molecule has 5 nitrogen and oxygen atoms in total. The van der Waals surface area contributed by atoms with Crippen LogP contribution < -0.4 is 11.1 Å². The number of nitrogen functional groups attached to an aromatic ring is 1. The molecule has 0 fully saturated rings. The third kappa shape index (κ3) is 2.53. The number of nitrogens with two attached hydrogens (primary N) is 1. The Morgan fingerprint density at radius 2 is 2.28 bits per heavy atom. The molecule has 0 saturated heterocycles. The van der Waals surface area contributed by atoms with E-state index in [0.29, 0.717) is 22.4 Å². The number of nitrogens with zero attached hydrogens (tertiary/aromatic N) is 2. The van der Waals surface area contributed by atoms with Crippen LogP contribution in [0.25, 0.3) is 0 Å². The molecule has 2 heterocycles. The maximum Gasteiger partial charge on any atom is 0.274 e. The Balaban J connectivity index is 2.13. The number of hydrogen-bond acceptors (Lipinski definition) is 4. The third-order valence-electron chi connectivity index (χ3n) is 2.59. The molecule has 0 saturated carbocycles. The summed E-state index contributed by atoms with van der Waals surface area (Å²) in [5.41, 5.74) is 7.72. The third-order valence-corrected chi connectivity index (χ3v) is 3.37. The smallest absolute Gasteiger partial charge is 0.274 e. The zero-order chi connectivity index (χ0) is 13.3. The Morgan fingerprint density at radius 3 is 2.78 bits per heavy atom. The van der Waals surface area contributed by atoms with Crippen molar-refractivity contribution in [2.24, 2.45) is 7.05 Å². The second-order valence-electron chi connectivity index (χ2n) is 4.46. The fourth-order valence-corrected chi connectivity index (χ4v) is 2.45. The van der Waals surface area contributed by atoms with Crippen LogP contribution in [0, 0.1) is 0 Å². The molecule has 6 heteroatoms. The molecular weight excluding hydrogens is 248 g/mol. The van der Waals surface area contributed by atoms with E-state index in [1.165, 1.54) is 11.3 Å². The van der Waals surface area contributed by atoms with Gasteiger partial charge in [-0.3, -0.25) is 10.1 Å². The summed E-state index contributed by atoms with van der Waals surface area (Å²) in [6, 6.07) is 1.65. The van der Waals surface area contributed by atoms with Gasteiger partial charge in [0.2, 0.25) is 0 Å². The van der Waals surface area contributed by atoms with Gasteiger partial charge in [-0.15, -0.1) is 11.3 Å². The molecular formula is C12H16N4OS. The van der Waals surface area contributed by atoms with E-state index in [1.807, 2.05) is 5.38 Å². The monoisotopic (exact) mass is 264 g/mol. The van der Waals surface area contributed by atoms with Gasteiger partial charge in [0.25, 0.3) is 5.91 Å². The molecule has 0 atom stereocenters. The predicted octanol–water partition coefficient (Wildman–Crippen LogP) is 2.44. The minimum Gasteiger partial charge on any atom is -0.397 e. The molecule has 0 radical (unpaired) electrons. The Labute approximate surface area is 110 Å². The number of aryl methyl sites for hydroxylation is 1. The lowest BCUT2D eigenvalue weighted by Gasteiger charge is -2.02. The molecule has 0 aliphatic rings. The van der Waals surface area contributed by atoms with Crippen LogP contribution in [0.1, 0.15) is 35.9 Å². The summed E-state index contributed by atoms with van der Waals surface area (Å²) in [6.07, 6.45) is 1.70. The molecule has 18 heavy (non-hydrogen) atoms. The quantitative estimate of drug-likeness (QED) is 0.894. The van der Waals surface area contributed by atoms with Crippen LogP contribution in [0.2, 0.25) is 0 Å². The van der Waals surface area contributed by atoms with Crippen molar-refractivity contribution < 1.29 is 4.79 Å². The molecule has 0 spiro atoms. The number of amides is 1. The standard InChI is InChI=1S/C12H16N4OS/c1-7(2)9-6-18-12(14-9)15-11(17)10-4-8(13)5-16(10)3/h4-7H,13H2,1-3H3,(H,14,15,17). The molecule has 1 amide bonds. The fraction of sp³-hybridized carbons (Fsp3) is 0.333. The van der Waals surface area contributed by atoms with E-state index in [4.69, 9.17) is 5.73 Å². The van der Waals surface area contributed by atoms with Crippen molar-refractivity contribution in [3.8, 4) is 0 Å². The topological polar surface area (TPSA) is 72.9 Å². The molecule has 0 aromatic carbocycles. The summed E-state index contributed by atoms with van der Waals surface area (Å²) in [6.45, 7) is 4.14. The fourth-order valence-electron chi connectivity index (χ4n) is 1.59. The number of hydrogen-bond donors (Lipinski definition) is 2. The highest BCUT2D eigenvalue weighted by atomic mass is 32.1. The predicted molar refractivity (Wildman–Crippen MR) is 74.0 cm³/mol. The molecule has 0 aliphatic heterocycles. The molecule has 2 aromatic heterocycles. The lowest BCUT2D eigenvalue weighted by atomic mass is 10.2. The largest absolute Gasteiger partial charge is 0.397 e. The van der Waals surface area contributed by atoms with Crippen LogP contribution in [0.4, 0.5) is 10.8 Å². The summed E-state index contributed by atoms with van der Waals surface area (Å²) < 4.78 is 1.70. The number of thiazole rings is 1. The van der Waals surface area contributed by atoms with Gasteiger partial charge in [0.1, 0.15) is 5.69 Å².